The number of amides is 1. The standard InChI is InChI=1S/C17H31N3O.2ClH/c18-16-7-6-15(12-16)17(21)20-10-8-19(9-11-20)13-14-4-2-1-3-5-14;;/h14-16H,1-13,18H2;2*1H. The van der Waals surface area contributed by atoms with E-state index in [0.717, 1.165) is 51.4 Å². The summed E-state index contributed by atoms with van der Waals surface area (Å²) in [6.07, 6.45) is 10.0. The van der Waals surface area contributed by atoms with Crippen molar-refractivity contribution in [3.63, 3.8) is 0 Å². The van der Waals surface area contributed by atoms with Gasteiger partial charge in [-0.05, 0) is 38.0 Å². The van der Waals surface area contributed by atoms with Gasteiger partial charge in [0.15, 0.2) is 0 Å². The number of carbonyl (C=O) groups is 1. The first-order chi connectivity index (χ1) is 10.2. The smallest absolute Gasteiger partial charge is 0.225 e. The molecule has 0 spiro atoms. The Morgan fingerprint density at radius 3 is 2.13 bits per heavy atom. The van der Waals surface area contributed by atoms with Crippen LogP contribution in [0, 0.1) is 11.8 Å². The summed E-state index contributed by atoms with van der Waals surface area (Å²) in [5.41, 5.74) is 5.94. The molecule has 0 aromatic rings. The summed E-state index contributed by atoms with van der Waals surface area (Å²) in [7, 11) is 0. The summed E-state index contributed by atoms with van der Waals surface area (Å²) in [6.45, 7) is 5.26. The first-order valence-electron chi connectivity index (χ1n) is 8.99. The summed E-state index contributed by atoms with van der Waals surface area (Å²) in [6, 6.07) is 0.256. The van der Waals surface area contributed by atoms with Crippen LogP contribution >= 0.6 is 24.8 Å². The van der Waals surface area contributed by atoms with Gasteiger partial charge >= 0.3 is 0 Å². The van der Waals surface area contributed by atoms with Gasteiger partial charge in [-0.15, -0.1) is 24.8 Å². The summed E-state index contributed by atoms with van der Waals surface area (Å²) in [5.74, 6) is 1.50. The molecule has 3 aliphatic rings. The highest BCUT2D eigenvalue weighted by atomic mass is 35.5. The van der Waals surface area contributed by atoms with Gasteiger partial charge in [0.2, 0.25) is 5.91 Å². The third-order valence-electron chi connectivity index (χ3n) is 5.75. The van der Waals surface area contributed by atoms with Crippen LogP contribution in [0.5, 0.6) is 0 Å². The van der Waals surface area contributed by atoms with Crippen LogP contribution in [0.4, 0.5) is 0 Å². The van der Waals surface area contributed by atoms with Gasteiger partial charge in [0, 0.05) is 44.7 Å². The second kappa shape index (κ2) is 10.1. The molecule has 2 N–H and O–H groups in total. The van der Waals surface area contributed by atoms with E-state index in [2.05, 4.69) is 9.80 Å². The van der Waals surface area contributed by atoms with E-state index in [9.17, 15) is 4.79 Å². The van der Waals surface area contributed by atoms with Gasteiger partial charge in [-0.1, -0.05) is 19.3 Å². The zero-order valence-electron chi connectivity index (χ0n) is 14.1. The monoisotopic (exact) mass is 365 g/mol. The number of piperazine rings is 1. The number of hydrogen-bond donors (Lipinski definition) is 1. The van der Waals surface area contributed by atoms with Crippen LogP contribution in [0.2, 0.25) is 0 Å². The molecule has 1 heterocycles. The molecular formula is C17H33Cl2N3O. The third-order valence-corrected chi connectivity index (χ3v) is 5.75. The normalized spacial score (nSPS) is 29.7. The van der Waals surface area contributed by atoms with Crippen molar-refractivity contribution in [3.05, 3.63) is 0 Å². The Hall–Kier alpha value is -0.0300. The lowest BCUT2D eigenvalue weighted by atomic mass is 9.89. The second-order valence-electron chi connectivity index (χ2n) is 7.40. The van der Waals surface area contributed by atoms with Crippen molar-refractivity contribution in [1.82, 2.24) is 9.80 Å². The van der Waals surface area contributed by atoms with Gasteiger partial charge in [-0.25, -0.2) is 0 Å². The van der Waals surface area contributed by atoms with Crippen LogP contribution in [-0.4, -0.2) is 54.5 Å². The lowest BCUT2D eigenvalue weighted by Gasteiger charge is -2.38. The molecule has 2 aliphatic carbocycles. The Morgan fingerprint density at radius 2 is 1.57 bits per heavy atom. The van der Waals surface area contributed by atoms with Crippen molar-refractivity contribution in [1.29, 1.82) is 0 Å². The topological polar surface area (TPSA) is 49.6 Å². The predicted molar refractivity (Wildman–Crippen MR) is 99.4 cm³/mol. The average molecular weight is 366 g/mol. The number of nitrogens with zero attached hydrogens (tertiary/aromatic N) is 2. The maximum atomic E-state index is 12.5. The first kappa shape index (κ1) is 21.0. The van der Waals surface area contributed by atoms with Gasteiger partial charge in [-0.3, -0.25) is 9.69 Å². The van der Waals surface area contributed by atoms with Crippen molar-refractivity contribution in [2.24, 2.45) is 17.6 Å². The number of carbonyl (C=O) groups excluding carboxylic acids is 1. The Balaban J connectivity index is 0.00000132. The van der Waals surface area contributed by atoms with E-state index < -0.39 is 0 Å². The van der Waals surface area contributed by atoms with Crippen LogP contribution in [-0.2, 0) is 4.79 Å². The van der Waals surface area contributed by atoms with Crippen molar-refractivity contribution in [2.75, 3.05) is 32.7 Å². The van der Waals surface area contributed by atoms with Gasteiger partial charge in [0.25, 0.3) is 0 Å². The Morgan fingerprint density at radius 1 is 0.913 bits per heavy atom. The van der Waals surface area contributed by atoms with E-state index in [0.29, 0.717) is 5.91 Å². The Labute approximate surface area is 153 Å². The molecule has 6 heteroatoms. The number of hydrogen-bond acceptors (Lipinski definition) is 3. The highest BCUT2D eigenvalue weighted by Crippen LogP contribution is 2.27. The van der Waals surface area contributed by atoms with Crippen molar-refractivity contribution in [3.8, 4) is 0 Å². The third kappa shape index (κ3) is 5.77. The molecule has 2 atom stereocenters. The van der Waals surface area contributed by atoms with Crippen LogP contribution in [0.1, 0.15) is 51.4 Å². The fourth-order valence-electron chi connectivity index (χ4n) is 4.38. The summed E-state index contributed by atoms with van der Waals surface area (Å²) in [4.78, 5) is 17.2. The van der Waals surface area contributed by atoms with Gasteiger partial charge in [0.05, 0.1) is 0 Å². The molecule has 3 fully saturated rings. The molecule has 0 radical (unpaired) electrons. The molecule has 136 valence electrons. The number of nitrogens with two attached hydrogens (primary N) is 1. The number of rotatable bonds is 3. The quantitative estimate of drug-likeness (QED) is 0.836. The van der Waals surface area contributed by atoms with Crippen LogP contribution < -0.4 is 5.73 Å². The molecule has 2 unspecified atom stereocenters. The molecule has 0 aromatic carbocycles. The largest absolute Gasteiger partial charge is 0.340 e. The highest BCUT2D eigenvalue weighted by molar-refractivity contribution is 5.85. The zero-order valence-corrected chi connectivity index (χ0v) is 15.8. The minimum atomic E-state index is 0. The minimum absolute atomic E-state index is 0. The molecule has 1 amide bonds. The van der Waals surface area contributed by atoms with Crippen molar-refractivity contribution in [2.45, 2.75) is 57.4 Å². The van der Waals surface area contributed by atoms with Crippen molar-refractivity contribution < 1.29 is 4.79 Å². The Kier molecular flexibility index (Phi) is 9.20. The van der Waals surface area contributed by atoms with Gasteiger partial charge < -0.3 is 10.6 Å². The fourth-order valence-corrected chi connectivity index (χ4v) is 4.38. The molecule has 0 aromatic heterocycles. The molecule has 1 aliphatic heterocycles. The maximum absolute atomic E-state index is 12.5. The van der Waals surface area contributed by atoms with E-state index in [4.69, 9.17) is 5.73 Å². The predicted octanol–water partition coefficient (Wildman–Crippen LogP) is 2.68. The molecule has 4 nitrogen and oxygen atoms in total. The lowest BCUT2D eigenvalue weighted by Crippen LogP contribution is -2.51. The molecular weight excluding hydrogens is 333 g/mol. The SMILES string of the molecule is Cl.Cl.NC1CCC(C(=O)N2CCN(CC3CCCCC3)CC2)C1. The fraction of sp³-hybridized carbons (Fsp3) is 0.941. The molecule has 23 heavy (non-hydrogen) atoms. The average Bonchev–Trinajstić information content (AvgIpc) is 2.95. The zero-order chi connectivity index (χ0) is 14.7. The maximum Gasteiger partial charge on any atom is 0.225 e. The van der Waals surface area contributed by atoms with E-state index in [1.807, 2.05) is 0 Å². The minimum Gasteiger partial charge on any atom is -0.340 e. The summed E-state index contributed by atoms with van der Waals surface area (Å²) in [5, 5.41) is 0. The molecule has 2 saturated carbocycles. The summed E-state index contributed by atoms with van der Waals surface area (Å²) < 4.78 is 0. The Bertz CT molecular complexity index is 356. The van der Waals surface area contributed by atoms with E-state index in [1.54, 1.807) is 0 Å². The van der Waals surface area contributed by atoms with Crippen LogP contribution in [0.15, 0.2) is 0 Å². The van der Waals surface area contributed by atoms with E-state index in [1.165, 1.54) is 38.6 Å². The van der Waals surface area contributed by atoms with Crippen molar-refractivity contribution >= 4 is 30.7 Å². The first-order valence-corrected chi connectivity index (χ1v) is 8.99. The molecule has 1 saturated heterocycles. The van der Waals surface area contributed by atoms with Crippen LogP contribution in [0.3, 0.4) is 0 Å². The lowest BCUT2D eigenvalue weighted by molar-refractivity contribution is -0.137. The van der Waals surface area contributed by atoms with E-state index >= 15 is 0 Å². The van der Waals surface area contributed by atoms with Crippen LogP contribution in [0.25, 0.3) is 0 Å². The van der Waals surface area contributed by atoms with Gasteiger partial charge in [0.1, 0.15) is 0 Å². The summed E-state index contributed by atoms with van der Waals surface area (Å²) >= 11 is 0. The highest BCUT2D eigenvalue weighted by Gasteiger charge is 2.32. The number of halogens is 2. The molecule has 0 bridgehead atoms. The van der Waals surface area contributed by atoms with E-state index in [-0.39, 0.29) is 36.8 Å². The molecule has 3 rings (SSSR count). The van der Waals surface area contributed by atoms with Gasteiger partial charge in [-0.2, -0.15) is 0 Å². The second-order valence-corrected chi connectivity index (χ2v) is 7.40.